The second-order valence-electron chi connectivity index (χ2n) is 3.47. The smallest absolute Gasteiger partial charge is 0.387 e. The topological polar surface area (TPSA) is 34.4 Å². The predicted octanol–water partition coefficient (Wildman–Crippen LogP) is 4.10. The monoisotopic (exact) mass is 365 g/mol. The van der Waals surface area contributed by atoms with Gasteiger partial charge in [-0.3, -0.25) is 0 Å². The van der Waals surface area contributed by atoms with Gasteiger partial charge in [0.2, 0.25) is 0 Å². The van der Waals surface area contributed by atoms with Crippen molar-refractivity contribution in [2.45, 2.75) is 13.2 Å². The first-order chi connectivity index (χ1) is 8.63. The number of hydrogen-bond donors (Lipinski definition) is 1. The maximum absolute atomic E-state index is 12.0. The number of halogens is 3. The van der Waals surface area contributed by atoms with Gasteiger partial charge in [-0.25, -0.2) is 0 Å². The van der Waals surface area contributed by atoms with Crippen LogP contribution in [0.4, 0.5) is 14.5 Å². The second-order valence-corrected chi connectivity index (χ2v) is 4.53. The molecule has 0 spiro atoms. The molecule has 0 saturated carbocycles. The van der Waals surface area contributed by atoms with Crippen LogP contribution in [0, 0.1) is 3.77 Å². The lowest BCUT2D eigenvalue weighted by molar-refractivity contribution is -0.0498. The van der Waals surface area contributed by atoms with E-state index in [-0.39, 0.29) is 5.75 Å². The first-order valence-corrected chi connectivity index (χ1v) is 6.24. The third kappa shape index (κ3) is 3.86. The fourth-order valence-corrected chi connectivity index (χ4v) is 1.88. The Morgan fingerprint density at radius 1 is 1.28 bits per heavy atom. The van der Waals surface area contributed by atoms with E-state index in [2.05, 4.69) is 32.6 Å². The molecule has 1 aromatic heterocycles. The van der Waals surface area contributed by atoms with E-state index >= 15 is 0 Å². The molecule has 0 fully saturated rings. The Balaban J connectivity index is 1.96. The first kappa shape index (κ1) is 13.1. The van der Waals surface area contributed by atoms with Gasteiger partial charge in [0.25, 0.3) is 0 Å². The third-order valence-corrected chi connectivity index (χ3v) is 2.73. The van der Waals surface area contributed by atoms with E-state index < -0.39 is 6.61 Å². The molecule has 1 heterocycles. The molecule has 3 nitrogen and oxygen atoms in total. The Bertz CT molecular complexity index is 516. The molecule has 0 aliphatic carbocycles. The summed E-state index contributed by atoms with van der Waals surface area (Å²) in [7, 11) is 0. The Morgan fingerprint density at radius 2 is 2.11 bits per heavy atom. The minimum absolute atomic E-state index is 0.129. The Labute approximate surface area is 116 Å². The summed E-state index contributed by atoms with van der Waals surface area (Å²) in [5.74, 6) is 0.906. The molecule has 96 valence electrons. The summed E-state index contributed by atoms with van der Waals surface area (Å²) in [5.41, 5.74) is 0.694. The van der Waals surface area contributed by atoms with E-state index in [1.165, 1.54) is 12.1 Å². The van der Waals surface area contributed by atoms with E-state index in [0.717, 1.165) is 9.53 Å². The summed E-state index contributed by atoms with van der Waals surface area (Å²) in [6, 6.07) is 10.1. The highest BCUT2D eigenvalue weighted by Crippen LogP contribution is 2.20. The molecule has 2 aromatic rings. The average molecular weight is 365 g/mol. The van der Waals surface area contributed by atoms with E-state index in [1.54, 1.807) is 12.1 Å². The van der Waals surface area contributed by atoms with E-state index in [9.17, 15) is 8.78 Å². The predicted molar refractivity (Wildman–Crippen MR) is 71.8 cm³/mol. The van der Waals surface area contributed by atoms with Crippen LogP contribution in [-0.4, -0.2) is 6.61 Å². The van der Waals surface area contributed by atoms with Gasteiger partial charge < -0.3 is 14.5 Å². The van der Waals surface area contributed by atoms with Crippen LogP contribution in [-0.2, 0) is 6.54 Å². The number of benzene rings is 1. The van der Waals surface area contributed by atoms with Crippen LogP contribution in [0.25, 0.3) is 0 Å². The molecule has 2 rings (SSSR count). The summed E-state index contributed by atoms with van der Waals surface area (Å²) < 4.78 is 34.6. The number of ether oxygens (including phenoxy) is 1. The van der Waals surface area contributed by atoms with Crippen molar-refractivity contribution in [1.29, 1.82) is 0 Å². The quantitative estimate of drug-likeness (QED) is 0.811. The van der Waals surface area contributed by atoms with Gasteiger partial charge in [-0.05, 0) is 46.9 Å². The van der Waals surface area contributed by atoms with Crippen LogP contribution in [0.2, 0.25) is 0 Å². The number of alkyl halides is 2. The molecule has 0 aliphatic rings. The van der Waals surface area contributed by atoms with Crippen molar-refractivity contribution in [3.05, 3.63) is 45.9 Å². The molecule has 0 bridgehead atoms. The fourth-order valence-electron chi connectivity index (χ4n) is 1.42. The van der Waals surface area contributed by atoms with Crippen LogP contribution in [0.5, 0.6) is 5.75 Å². The van der Waals surface area contributed by atoms with E-state index in [1.807, 2.05) is 12.1 Å². The minimum atomic E-state index is -2.81. The number of rotatable bonds is 5. The average Bonchev–Trinajstić information content (AvgIpc) is 2.72. The van der Waals surface area contributed by atoms with Crippen LogP contribution >= 0.6 is 22.6 Å². The van der Waals surface area contributed by atoms with Crippen LogP contribution in [0.3, 0.4) is 0 Å². The maximum Gasteiger partial charge on any atom is 0.387 e. The lowest BCUT2D eigenvalue weighted by Crippen LogP contribution is -2.03. The van der Waals surface area contributed by atoms with Crippen molar-refractivity contribution >= 4 is 28.3 Å². The molecule has 0 atom stereocenters. The van der Waals surface area contributed by atoms with Crippen molar-refractivity contribution in [1.82, 2.24) is 0 Å². The number of nitrogens with one attached hydrogen (secondary N) is 1. The van der Waals surface area contributed by atoms with Crippen molar-refractivity contribution in [2.75, 3.05) is 5.32 Å². The van der Waals surface area contributed by atoms with Crippen LogP contribution < -0.4 is 10.1 Å². The fraction of sp³-hybridized carbons (Fsp3) is 0.167. The van der Waals surface area contributed by atoms with Crippen molar-refractivity contribution in [2.24, 2.45) is 0 Å². The summed E-state index contributed by atoms with van der Waals surface area (Å²) in [6.07, 6.45) is 0. The number of hydrogen-bond acceptors (Lipinski definition) is 3. The largest absolute Gasteiger partial charge is 0.454 e. The Hall–Kier alpha value is -1.31. The minimum Gasteiger partial charge on any atom is -0.454 e. The zero-order valence-corrected chi connectivity index (χ0v) is 11.4. The molecule has 1 N–H and O–H groups in total. The van der Waals surface area contributed by atoms with Crippen molar-refractivity contribution < 1.29 is 17.9 Å². The summed E-state index contributed by atoms with van der Waals surface area (Å²) in [5, 5.41) is 3.07. The Kier molecular flexibility index (Phi) is 4.40. The lowest BCUT2D eigenvalue weighted by Gasteiger charge is -2.08. The molecule has 0 saturated heterocycles. The van der Waals surface area contributed by atoms with Gasteiger partial charge in [0.15, 0.2) is 3.77 Å². The van der Waals surface area contributed by atoms with Crippen LogP contribution in [0.1, 0.15) is 5.76 Å². The van der Waals surface area contributed by atoms with Gasteiger partial charge in [0.1, 0.15) is 11.5 Å². The Morgan fingerprint density at radius 3 is 2.78 bits per heavy atom. The summed E-state index contributed by atoms with van der Waals surface area (Å²) >= 11 is 2.08. The van der Waals surface area contributed by atoms with Gasteiger partial charge in [-0.1, -0.05) is 6.07 Å². The zero-order valence-electron chi connectivity index (χ0n) is 9.20. The second kappa shape index (κ2) is 6.03. The number of anilines is 1. The lowest BCUT2D eigenvalue weighted by atomic mass is 10.3. The maximum atomic E-state index is 12.0. The molecule has 18 heavy (non-hydrogen) atoms. The van der Waals surface area contributed by atoms with Gasteiger partial charge in [0.05, 0.1) is 6.54 Å². The van der Waals surface area contributed by atoms with Gasteiger partial charge >= 0.3 is 6.61 Å². The SMILES string of the molecule is FC(F)Oc1cccc(NCc2ccc(I)o2)c1. The molecule has 1 aromatic carbocycles. The standard InChI is InChI=1S/C12H10F2INO2/c13-12(14)18-9-3-1-2-8(6-9)16-7-10-4-5-11(15)17-10/h1-6,12,16H,7H2. The van der Waals surface area contributed by atoms with Gasteiger partial charge in [0, 0.05) is 11.8 Å². The first-order valence-electron chi connectivity index (χ1n) is 5.16. The molecule has 0 aliphatic heterocycles. The van der Waals surface area contributed by atoms with E-state index in [4.69, 9.17) is 4.42 Å². The molecular weight excluding hydrogens is 355 g/mol. The van der Waals surface area contributed by atoms with Crippen LogP contribution in [0.15, 0.2) is 40.8 Å². The summed E-state index contributed by atoms with van der Waals surface area (Å²) in [6.45, 7) is -2.33. The van der Waals surface area contributed by atoms with Crippen molar-refractivity contribution in [3.8, 4) is 5.75 Å². The zero-order chi connectivity index (χ0) is 13.0. The number of furan rings is 1. The van der Waals surface area contributed by atoms with Crippen molar-refractivity contribution in [3.63, 3.8) is 0 Å². The highest BCUT2D eigenvalue weighted by Gasteiger charge is 2.05. The molecule has 6 heteroatoms. The molecule has 0 radical (unpaired) electrons. The van der Waals surface area contributed by atoms with Gasteiger partial charge in [-0.2, -0.15) is 8.78 Å². The molecule has 0 unspecified atom stereocenters. The van der Waals surface area contributed by atoms with E-state index in [0.29, 0.717) is 12.2 Å². The highest BCUT2D eigenvalue weighted by atomic mass is 127. The molecular formula is C12H10F2INO2. The highest BCUT2D eigenvalue weighted by molar-refractivity contribution is 14.1. The van der Waals surface area contributed by atoms with Gasteiger partial charge in [-0.15, -0.1) is 0 Å². The third-order valence-electron chi connectivity index (χ3n) is 2.15. The molecule has 0 amide bonds. The normalized spacial score (nSPS) is 10.7. The summed E-state index contributed by atoms with van der Waals surface area (Å²) in [4.78, 5) is 0.